The smallest absolute Gasteiger partial charge is 0.308 e. The van der Waals surface area contributed by atoms with E-state index in [1.165, 1.54) is 57.8 Å². The zero-order valence-corrected chi connectivity index (χ0v) is 20.4. The molecule has 178 valence electrons. The van der Waals surface area contributed by atoms with Gasteiger partial charge in [0.15, 0.2) is 0 Å². The SMILES string of the molecule is CCCCOC(=O)CCCCCCCCCCCCCCC(C)C(=O)OCCCC. The molecule has 0 aliphatic heterocycles. The van der Waals surface area contributed by atoms with Gasteiger partial charge in [-0.25, -0.2) is 0 Å². The molecule has 0 fully saturated rings. The third kappa shape index (κ3) is 20.2. The second-order valence-electron chi connectivity index (χ2n) is 8.78. The van der Waals surface area contributed by atoms with Gasteiger partial charge in [0.2, 0.25) is 0 Å². The fourth-order valence-corrected chi connectivity index (χ4v) is 3.47. The Hall–Kier alpha value is -1.06. The van der Waals surface area contributed by atoms with E-state index in [0.29, 0.717) is 19.6 Å². The Labute approximate surface area is 186 Å². The van der Waals surface area contributed by atoms with Crippen molar-refractivity contribution in [3.05, 3.63) is 0 Å². The Kier molecular flexibility index (Phi) is 21.8. The number of ether oxygens (including phenoxy) is 2. The van der Waals surface area contributed by atoms with E-state index in [9.17, 15) is 9.59 Å². The van der Waals surface area contributed by atoms with Gasteiger partial charge in [0, 0.05) is 6.42 Å². The topological polar surface area (TPSA) is 52.6 Å². The zero-order chi connectivity index (χ0) is 22.3. The lowest BCUT2D eigenvalue weighted by Crippen LogP contribution is -2.15. The summed E-state index contributed by atoms with van der Waals surface area (Å²) in [5.41, 5.74) is 0. The molecular formula is C26H50O4. The zero-order valence-electron chi connectivity index (χ0n) is 20.4. The van der Waals surface area contributed by atoms with Gasteiger partial charge in [-0.2, -0.15) is 0 Å². The molecule has 0 bridgehead atoms. The van der Waals surface area contributed by atoms with Gasteiger partial charge in [-0.1, -0.05) is 104 Å². The largest absolute Gasteiger partial charge is 0.466 e. The molecule has 0 aromatic heterocycles. The number of unbranched alkanes of at least 4 members (excludes halogenated alkanes) is 13. The second kappa shape index (κ2) is 22.6. The molecular weight excluding hydrogens is 376 g/mol. The lowest BCUT2D eigenvalue weighted by Gasteiger charge is -2.11. The summed E-state index contributed by atoms with van der Waals surface area (Å²) in [6.45, 7) is 7.37. The fourth-order valence-electron chi connectivity index (χ4n) is 3.47. The molecule has 4 heteroatoms. The van der Waals surface area contributed by atoms with Gasteiger partial charge in [-0.3, -0.25) is 9.59 Å². The first kappa shape index (κ1) is 28.9. The van der Waals surface area contributed by atoms with Crippen molar-refractivity contribution in [2.45, 2.75) is 136 Å². The standard InChI is InChI=1S/C26H50O4/c1-4-6-22-29-25(27)21-19-17-15-13-11-9-8-10-12-14-16-18-20-24(3)26(28)30-23-7-5-2/h24H,4-23H2,1-3H3. The number of esters is 2. The van der Waals surface area contributed by atoms with E-state index in [0.717, 1.165) is 51.4 Å². The Morgan fingerprint density at radius 2 is 1.03 bits per heavy atom. The third-order valence-corrected chi connectivity index (χ3v) is 5.67. The highest BCUT2D eigenvalue weighted by molar-refractivity contribution is 5.71. The van der Waals surface area contributed by atoms with Crippen LogP contribution in [0.15, 0.2) is 0 Å². The van der Waals surface area contributed by atoms with Crippen LogP contribution in [-0.4, -0.2) is 25.2 Å². The average molecular weight is 427 g/mol. The summed E-state index contributed by atoms with van der Waals surface area (Å²) < 4.78 is 10.4. The summed E-state index contributed by atoms with van der Waals surface area (Å²) in [5, 5.41) is 0. The summed E-state index contributed by atoms with van der Waals surface area (Å²) in [4.78, 5) is 23.3. The molecule has 30 heavy (non-hydrogen) atoms. The summed E-state index contributed by atoms with van der Waals surface area (Å²) in [5.74, 6) is 0.00808. The van der Waals surface area contributed by atoms with E-state index in [4.69, 9.17) is 9.47 Å². The fraction of sp³-hybridized carbons (Fsp3) is 0.923. The van der Waals surface area contributed by atoms with Crippen molar-refractivity contribution in [1.29, 1.82) is 0 Å². The summed E-state index contributed by atoms with van der Waals surface area (Å²) in [7, 11) is 0. The number of hydrogen-bond donors (Lipinski definition) is 0. The van der Waals surface area contributed by atoms with Gasteiger partial charge < -0.3 is 9.47 Å². The van der Waals surface area contributed by atoms with Crippen LogP contribution in [-0.2, 0) is 19.1 Å². The summed E-state index contributed by atoms with van der Waals surface area (Å²) in [6.07, 6.45) is 20.6. The predicted octanol–water partition coefficient (Wildman–Crippen LogP) is 7.77. The van der Waals surface area contributed by atoms with Crippen LogP contribution in [0.3, 0.4) is 0 Å². The van der Waals surface area contributed by atoms with Crippen LogP contribution < -0.4 is 0 Å². The van der Waals surface area contributed by atoms with Crippen molar-refractivity contribution in [2.24, 2.45) is 5.92 Å². The molecule has 0 saturated heterocycles. The van der Waals surface area contributed by atoms with E-state index < -0.39 is 0 Å². The van der Waals surface area contributed by atoms with Crippen LogP contribution in [0.4, 0.5) is 0 Å². The minimum atomic E-state index is -0.0233. The Morgan fingerprint density at radius 1 is 0.600 bits per heavy atom. The van der Waals surface area contributed by atoms with Crippen molar-refractivity contribution in [3.63, 3.8) is 0 Å². The minimum Gasteiger partial charge on any atom is -0.466 e. The van der Waals surface area contributed by atoms with Crippen LogP contribution in [0.2, 0.25) is 0 Å². The highest BCUT2D eigenvalue weighted by Gasteiger charge is 2.13. The van der Waals surface area contributed by atoms with Crippen LogP contribution in [0, 0.1) is 5.92 Å². The molecule has 0 saturated carbocycles. The molecule has 0 radical (unpaired) electrons. The van der Waals surface area contributed by atoms with Gasteiger partial charge >= 0.3 is 11.9 Å². The molecule has 0 rings (SSSR count). The van der Waals surface area contributed by atoms with Gasteiger partial charge in [0.25, 0.3) is 0 Å². The number of hydrogen-bond acceptors (Lipinski definition) is 4. The number of rotatable bonds is 22. The Balaban J connectivity index is 3.26. The first-order valence-corrected chi connectivity index (χ1v) is 12.9. The Morgan fingerprint density at radius 3 is 1.53 bits per heavy atom. The molecule has 0 aliphatic rings. The van der Waals surface area contributed by atoms with E-state index in [1.54, 1.807) is 0 Å². The van der Waals surface area contributed by atoms with E-state index in [-0.39, 0.29) is 17.9 Å². The molecule has 4 nitrogen and oxygen atoms in total. The molecule has 0 amide bonds. The van der Waals surface area contributed by atoms with E-state index in [2.05, 4.69) is 13.8 Å². The van der Waals surface area contributed by atoms with Crippen LogP contribution in [0.1, 0.15) is 136 Å². The van der Waals surface area contributed by atoms with Crippen LogP contribution in [0.5, 0.6) is 0 Å². The van der Waals surface area contributed by atoms with Crippen LogP contribution >= 0.6 is 0 Å². The molecule has 0 spiro atoms. The molecule has 1 unspecified atom stereocenters. The van der Waals surface area contributed by atoms with E-state index in [1.807, 2.05) is 6.92 Å². The first-order valence-electron chi connectivity index (χ1n) is 12.9. The maximum atomic E-state index is 11.8. The van der Waals surface area contributed by atoms with Gasteiger partial charge in [0.1, 0.15) is 0 Å². The highest BCUT2D eigenvalue weighted by atomic mass is 16.5. The second-order valence-corrected chi connectivity index (χ2v) is 8.78. The summed E-state index contributed by atoms with van der Waals surface area (Å²) in [6, 6.07) is 0. The highest BCUT2D eigenvalue weighted by Crippen LogP contribution is 2.15. The van der Waals surface area contributed by atoms with Crippen molar-refractivity contribution in [1.82, 2.24) is 0 Å². The molecule has 0 aliphatic carbocycles. The molecule has 1 atom stereocenters. The van der Waals surface area contributed by atoms with Gasteiger partial charge in [-0.15, -0.1) is 0 Å². The normalized spacial score (nSPS) is 12.0. The van der Waals surface area contributed by atoms with Crippen molar-refractivity contribution < 1.29 is 19.1 Å². The lowest BCUT2D eigenvalue weighted by atomic mass is 10.0. The molecule has 0 aromatic rings. The third-order valence-electron chi connectivity index (χ3n) is 5.67. The van der Waals surface area contributed by atoms with Crippen molar-refractivity contribution in [2.75, 3.05) is 13.2 Å². The first-order chi connectivity index (χ1) is 14.6. The van der Waals surface area contributed by atoms with Crippen molar-refractivity contribution in [3.8, 4) is 0 Å². The minimum absolute atomic E-state index is 0.0182. The predicted molar refractivity (Wildman–Crippen MR) is 126 cm³/mol. The van der Waals surface area contributed by atoms with E-state index >= 15 is 0 Å². The van der Waals surface area contributed by atoms with Gasteiger partial charge in [-0.05, 0) is 25.7 Å². The lowest BCUT2D eigenvalue weighted by molar-refractivity contribution is -0.148. The number of carbonyl (C=O) groups excluding carboxylic acids is 2. The van der Waals surface area contributed by atoms with Crippen LogP contribution in [0.25, 0.3) is 0 Å². The molecule has 0 heterocycles. The maximum absolute atomic E-state index is 11.8. The summed E-state index contributed by atoms with van der Waals surface area (Å²) >= 11 is 0. The quantitative estimate of drug-likeness (QED) is 0.131. The Bertz CT molecular complexity index is 394. The van der Waals surface area contributed by atoms with Gasteiger partial charge in [0.05, 0.1) is 19.1 Å². The maximum Gasteiger partial charge on any atom is 0.308 e. The van der Waals surface area contributed by atoms with Crippen molar-refractivity contribution >= 4 is 11.9 Å². The monoisotopic (exact) mass is 426 g/mol. The molecule has 0 aromatic carbocycles. The average Bonchev–Trinajstić information content (AvgIpc) is 2.74. The molecule has 0 N–H and O–H groups in total. The number of carbonyl (C=O) groups is 2.